The van der Waals surface area contributed by atoms with Crippen LogP contribution >= 0.6 is 47.8 Å². The number of ketones is 1. The standard InChI is InChI=1S/C10H9Br3O/c1-6(12)10(14)7-2-3-9(13)8(4-7)5-11/h2-4,6H,5H2,1H3. The molecule has 1 rings (SSSR count). The summed E-state index contributed by atoms with van der Waals surface area (Å²) in [6.45, 7) is 1.83. The lowest BCUT2D eigenvalue weighted by Gasteiger charge is -2.06. The van der Waals surface area contributed by atoms with Gasteiger partial charge in [0.2, 0.25) is 0 Å². The molecule has 1 unspecified atom stereocenters. The van der Waals surface area contributed by atoms with Crippen LogP contribution in [0.15, 0.2) is 22.7 Å². The lowest BCUT2D eigenvalue weighted by Crippen LogP contribution is -2.10. The number of rotatable bonds is 3. The Kier molecular flexibility index (Phi) is 4.80. The van der Waals surface area contributed by atoms with Gasteiger partial charge in [-0.3, -0.25) is 4.79 Å². The molecule has 0 aliphatic rings. The molecule has 0 aliphatic carbocycles. The van der Waals surface area contributed by atoms with Gasteiger partial charge in [0, 0.05) is 15.4 Å². The number of hydrogen-bond donors (Lipinski definition) is 0. The topological polar surface area (TPSA) is 17.1 Å². The molecule has 0 saturated carbocycles. The van der Waals surface area contributed by atoms with E-state index in [-0.39, 0.29) is 10.6 Å². The molecule has 0 aliphatic heterocycles. The SMILES string of the molecule is CC(Br)C(=O)c1ccc(Br)c(CBr)c1. The van der Waals surface area contributed by atoms with Crippen LogP contribution in [0, 0.1) is 0 Å². The van der Waals surface area contributed by atoms with E-state index in [1.54, 1.807) is 0 Å². The predicted octanol–water partition coefficient (Wildman–Crippen LogP) is 4.31. The maximum atomic E-state index is 11.6. The summed E-state index contributed by atoms with van der Waals surface area (Å²) in [6, 6.07) is 5.63. The highest BCUT2D eigenvalue weighted by atomic mass is 79.9. The number of benzene rings is 1. The third kappa shape index (κ3) is 2.91. The molecule has 0 bridgehead atoms. The van der Waals surface area contributed by atoms with E-state index in [9.17, 15) is 4.79 Å². The molecular weight excluding hydrogens is 376 g/mol. The molecule has 0 heterocycles. The number of Topliss-reactive ketones (excluding diaryl/α,β-unsaturated/α-hetero) is 1. The van der Waals surface area contributed by atoms with Gasteiger partial charge in [-0.1, -0.05) is 53.9 Å². The second kappa shape index (κ2) is 5.42. The first kappa shape index (κ1) is 12.4. The van der Waals surface area contributed by atoms with Crippen molar-refractivity contribution in [2.45, 2.75) is 17.1 Å². The van der Waals surface area contributed by atoms with Gasteiger partial charge >= 0.3 is 0 Å². The maximum Gasteiger partial charge on any atom is 0.176 e. The van der Waals surface area contributed by atoms with Crippen molar-refractivity contribution in [1.29, 1.82) is 0 Å². The zero-order valence-corrected chi connectivity index (χ0v) is 12.3. The molecule has 76 valence electrons. The fourth-order valence-electron chi connectivity index (χ4n) is 1.06. The van der Waals surface area contributed by atoms with E-state index in [2.05, 4.69) is 47.8 Å². The number of alkyl halides is 2. The molecule has 4 heteroatoms. The highest BCUT2D eigenvalue weighted by molar-refractivity contribution is 9.10. The fourth-order valence-corrected chi connectivity index (χ4v) is 2.55. The molecule has 14 heavy (non-hydrogen) atoms. The minimum absolute atomic E-state index is 0.111. The van der Waals surface area contributed by atoms with Crippen LogP contribution in [0.5, 0.6) is 0 Å². The molecule has 1 nitrogen and oxygen atoms in total. The van der Waals surface area contributed by atoms with Crippen molar-refractivity contribution >= 4 is 53.6 Å². The lowest BCUT2D eigenvalue weighted by atomic mass is 10.1. The van der Waals surface area contributed by atoms with Gasteiger partial charge < -0.3 is 0 Å². The van der Waals surface area contributed by atoms with Gasteiger partial charge in [0.25, 0.3) is 0 Å². The average Bonchev–Trinajstić information content (AvgIpc) is 2.17. The zero-order chi connectivity index (χ0) is 10.7. The van der Waals surface area contributed by atoms with Gasteiger partial charge in [-0.15, -0.1) is 0 Å². The van der Waals surface area contributed by atoms with Crippen molar-refractivity contribution in [1.82, 2.24) is 0 Å². The largest absolute Gasteiger partial charge is 0.293 e. The van der Waals surface area contributed by atoms with Gasteiger partial charge in [0.1, 0.15) is 0 Å². The van der Waals surface area contributed by atoms with Crippen LogP contribution in [0.2, 0.25) is 0 Å². The van der Waals surface area contributed by atoms with Crippen molar-refractivity contribution in [3.05, 3.63) is 33.8 Å². The molecule has 0 N–H and O–H groups in total. The molecule has 0 saturated heterocycles. The Balaban J connectivity index is 3.06. The molecule has 1 aromatic rings. The molecule has 0 fully saturated rings. The molecule has 0 spiro atoms. The van der Waals surface area contributed by atoms with Gasteiger partial charge in [0.05, 0.1) is 4.83 Å². The molecular formula is C10H9Br3O. The number of carbonyl (C=O) groups is 1. The van der Waals surface area contributed by atoms with Crippen molar-refractivity contribution in [3.63, 3.8) is 0 Å². The average molecular weight is 385 g/mol. The predicted molar refractivity (Wildman–Crippen MR) is 69.5 cm³/mol. The smallest absolute Gasteiger partial charge is 0.176 e. The molecule has 0 radical (unpaired) electrons. The summed E-state index contributed by atoms with van der Waals surface area (Å²) in [5, 5.41) is 0.741. The summed E-state index contributed by atoms with van der Waals surface area (Å²) in [5.41, 5.74) is 1.83. The Hall–Kier alpha value is 0.330. The summed E-state index contributed by atoms with van der Waals surface area (Å²) in [5.74, 6) is 0.111. The highest BCUT2D eigenvalue weighted by Crippen LogP contribution is 2.22. The van der Waals surface area contributed by atoms with Gasteiger partial charge in [-0.25, -0.2) is 0 Å². The molecule has 1 atom stereocenters. The summed E-state index contributed by atoms with van der Waals surface area (Å²) >= 11 is 10.1. The quantitative estimate of drug-likeness (QED) is 0.560. The van der Waals surface area contributed by atoms with Crippen LogP contribution in [0.4, 0.5) is 0 Å². The van der Waals surface area contributed by atoms with Crippen LogP contribution in [-0.2, 0) is 5.33 Å². The first-order valence-electron chi connectivity index (χ1n) is 4.09. The number of halogens is 3. The minimum atomic E-state index is -0.133. The molecule has 1 aromatic carbocycles. The van der Waals surface area contributed by atoms with Crippen molar-refractivity contribution in [2.24, 2.45) is 0 Å². The van der Waals surface area contributed by atoms with E-state index >= 15 is 0 Å². The normalized spacial score (nSPS) is 12.6. The van der Waals surface area contributed by atoms with Crippen LogP contribution in [0.1, 0.15) is 22.8 Å². The Morgan fingerprint density at radius 2 is 2.14 bits per heavy atom. The third-order valence-corrected chi connectivity index (χ3v) is 3.63. The Bertz CT molecular complexity index is 347. The minimum Gasteiger partial charge on any atom is -0.293 e. The summed E-state index contributed by atoms with van der Waals surface area (Å²) < 4.78 is 1.02. The van der Waals surface area contributed by atoms with E-state index in [0.29, 0.717) is 0 Å². The highest BCUT2D eigenvalue weighted by Gasteiger charge is 2.12. The summed E-state index contributed by atoms with van der Waals surface area (Å²) in [6.07, 6.45) is 0. The van der Waals surface area contributed by atoms with Crippen LogP contribution < -0.4 is 0 Å². The third-order valence-electron chi connectivity index (χ3n) is 1.84. The Morgan fingerprint density at radius 3 is 2.64 bits per heavy atom. The first-order valence-corrected chi connectivity index (χ1v) is 6.92. The second-order valence-corrected chi connectivity index (χ2v) is 5.71. The first-order chi connectivity index (χ1) is 6.56. The van der Waals surface area contributed by atoms with Gasteiger partial charge in [0.15, 0.2) is 5.78 Å². The van der Waals surface area contributed by atoms with E-state index < -0.39 is 0 Å². The molecule has 0 amide bonds. The lowest BCUT2D eigenvalue weighted by molar-refractivity contribution is 0.0996. The zero-order valence-electron chi connectivity index (χ0n) is 7.56. The van der Waals surface area contributed by atoms with Crippen LogP contribution in [0.3, 0.4) is 0 Å². The van der Waals surface area contributed by atoms with Crippen LogP contribution in [0.25, 0.3) is 0 Å². The Labute approximate surface area is 109 Å². The number of carbonyl (C=O) groups excluding carboxylic acids is 1. The van der Waals surface area contributed by atoms with Gasteiger partial charge in [-0.2, -0.15) is 0 Å². The van der Waals surface area contributed by atoms with Gasteiger partial charge in [-0.05, 0) is 24.6 Å². The maximum absolute atomic E-state index is 11.6. The van der Waals surface area contributed by atoms with E-state index in [1.807, 2.05) is 25.1 Å². The second-order valence-electron chi connectivity index (χ2n) is 2.92. The van der Waals surface area contributed by atoms with Crippen molar-refractivity contribution in [2.75, 3.05) is 0 Å². The molecule has 0 aromatic heterocycles. The van der Waals surface area contributed by atoms with E-state index in [1.165, 1.54) is 0 Å². The van der Waals surface area contributed by atoms with E-state index in [0.717, 1.165) is 20.9 Å². The monoisotopic (exact) mass is 382 g/mol. The fraction of sp³-hybridized carbons (Fsp3) is 0.300. The van der Waals surface area contributed by atoms with E-state index in [4.69, 9.17) is 0 Å². The summed E-state index contributed by atoms with van der Waals surface area (Å²) in [4.78, 5) is 11.5. The summed E-state index contributed by atoms with van der Waals surface area (Å²) in [7, 11) is 0. The van der Waals surface area contributed by atoms with Crippen molar-refractivity contribution < 1.29 is 4.79 Å². The van der Waals surface area contributed by atoms with Crippen LogP contribution in [-0.4, -0.2) is 10.6 Å². The Morgan fingerprint density at radius 1 is 1.50 bits per heavy atom. The van der Waals surface area contributed by atoms with Crippen molar-refractivity contribution in [3.8, 4) is 0 Å². The number of hydrogen-bond acceptors (Lipinski definition) is 1.